The van der Waals surface area contributed by atoms with Gasteiger partial charge in [-0.3, -0.25) is 0 Å². The van der Waals surface area contributed by atoms with Crippen LogP contribution in [0.4, 0.5) is 0 Å². The second kappa shape index (κ2) is 4.11. The van der Waals surface area contributed by atoms with Crippen LogP contribution in [0.3, 0.4) is 0 Å². The van der Waals surface area contributed by atoms with Crippen LogP contribution in [0.25, 0.3) is 0 Å². The lowest BCUT2D eigenvalue weighted by atomic mass is 9.48. The molecular weight excluding hydrogens is 276 g/mol. The predicted molar refractivity (Wildman–Crippen MR) is 86.1 cm³/mol. The number of rotatable bonds is 0. The van der Waals surface area contributed by atoms with Crippen molar-refractivity contribution in [2.24, 2.45) is 47.3 Å². The number of hydrogen-bond acceptors (Lipinski definition) is 0. The average molecular weight is 303 g/mol. The molecule has 5 atom stereocenters. The maximum absolute atomic E-state index is 6.94. The Labute approximate surface area is 133 Å². The van der Waals surface area contributed by atoms with Gasteiger partial charge in [-0.1, -0.05) is 11.1 Å². The van der Waals surface area contributed by atoms with Crippen molar-refractivity contribution in [3.05, 3.63) is 11.1 Å². The first kappa shape index (κ1) is 12.5. The number of allylic oxidation sites excluding steroid dienone is 2. The van der Waals surface area contributed by atoms with E-state index in [1.54, 1.807) is 32.1 Å². The second-order valence-electron chi connectivity index (χ2n) is 9.53. The van der Waals surface area contributed by atoms with E-state index in [1.807, 2.05) is 11.1 Å². The highest BCUT2D eigenvalue weighted by Gasteiger charge is 2.54. The highest BCUT2D eigenvalue weighted by molar-refractivity contribution is 6.21. The maximum atomic E-state index is 6.94. The Bertz CT molecular complexity index is 488. The SMILES string of the molecule is ClC1C2CC3CC(C2)C(=C2C4CC5CC(C4)CC2C5)C1C3. The molecule has 0 aromatic carbocycles. The van der Waals surface area contributed by atoms with E-state index in [-0.39, 0.29) is 0 Å². The van der Waals surface area contributed by atoms with E-state index < -0.39 is 0 Å². The molecule has 0 aromatic rings. The summed E-state index contributed by atoms with van der Waals surface area (Å²) in [6.45, 7) is 0. The van der Waals surface area contributed by atoms with Gasteiger partial charge in [0.15, 0.2) is 0 Å². The van der Waals surface area contributed by atoms with Gasteiger partial charge in [0.2, 0.25) is 0 Å². The van der Waals surface area contributed by atoms with Crippen LogP contribution < -0.4 is 0 Å². The summed E-state index contributed by atoms with van der Waals surface area (Å²) >= 11 is 6.94. The first-order valence-corrected chi connectivity index (χ1v) is 10.1. The van der Waals surface area contributed by atoms with Gasteiger partial charge in [-0.25, -0.2) is 0 Å². The van der Waals surface area contributed by atoms with Gasteiger partial charge in [-0.15, -0.1) is 11.6 Å². The summed E-state index contributed by atoms with van der Waals surface area (Å²) in [6.07, 6.45) is 13.7. The molecule has 1 heteroatoms. The summed E-state index contributed by atoms with van der Waals surface area (Å²) in [4.78, 5) is 0. The summed E-state index contributed by atoms with van der Waals surface area (Å²) in [5.74, 6) is 7.87. The van der Waals surface area contributed by atoms with Crippen LogP contribution in [0.5, 0.6) is 0 Å². The van der Waals surface area contributed by atoms with Crippen molar-refractivity contribution in [1.82, 2.24) is 0 Å². The monoisotopic (exact) mass is 302 g/mol. The molecule has 114 valence electrons. The van der Waals surface area contributed by atoms with Crippen molar-refractivity contribution in [2.75, 3.05) is 0 Å². The molecule has 8 saturated carbocycles. The largest absolute Gasteiger partial charge is 0.122 e. The fraction of sp³-hybridized carbons (Fsp3) is 0.900. The van der Waals surface area contributed by atoms with Gasteiger partial charge >= 0.3 is 0 Å². The van der Waals surface area contributed by atoms with Crippen LogP contribution in [0.1, 0.15) is 57.8 Å². The lowest BCUT2D eigenvalue weighted by Crippen LogP contribution is -2.50. The number of alkyl halides is 1. The molecule has 8 aliphatic rings. The van der Waals surface area contributed by atoms with Crippen LogP contribution in [0.15, 0.2) is 11.1 Å². The van der Waals surface area contributed by atoms with Gasteiger partial charge in [0.1, 0.15) is 0 Å². The first-order chi connectivity index (χ1) is 10.3. The third-order valence-corrected chi connectivity index (χ3v) is 9.11. The highest BCUT2D eigenvalue weighted by atomic mass is 35.5. The minimum absolute atomic E-state index is 0.498. The van der Waals surface area contributed by atoms with Gasteiger partial charge in [-0.05, 0) is 105 Å². The summed E-state index contributed by atoms with van der Waals surface area (Å²) in [5, 5.41) is 0.498. The normalized spacial score (nSPS) is 60.1. The minimum Gasteiger partial charge on any atom is -0.122 e. The number of hydrogen-bond donors (Lipinski definition) is 0. The predicted octanol–water partition coefficient (Wildman–Crippen LogP) is 5.41. The highest BCUT2D eigenvalue weighted by Crippen LogP contribution is 2.64. The molecule has 0 N–H and O–H groups in total. The van der Waals surface area contributed by atoms with Crippen LogP contribution in [-0.2, 0) is 0 Å². The standard InChI is InChI=1S/C20H27Cl/c21-20-16-7-12-6-15(9-16)19(17(20)8-12)18-13-2-10-1-11(4-13)5-14(18)3-10/h10-17,20H,1-9H2. The van der Waals surface area contributed by atoms with E-state index in [2.05, 4.69) is 0 Å². The number of halogens is 1. The van der Waals surface area contributed by atoms with Crippen molar-refractivity contribution in [1.29, 1.82) is 0 Å². The Morgan fingerprint density at radius 3 is 1.81 bits per heavy atom. The van der Waals surface area contributed by atoms with Crippen LogP contribution in [-0.4, -0.2) is 5.38 Å². The topological polar surface area (TPSA) is 0 Å². The Morgan fingerprint density at radius 1 is 0.571 bits per heavy atom. The van der Waals surface area contributed by atoms with Gasteiger partial charge in [0.25, 0.3) is 0 Å². The van der Waals surface area contributed by atoms with Crippen LogP contribution in [0, 0.1) is 47.3 Å². The molecule has 8 fully saturated rings. The van der Waals surface area contributed by atoms with Gasteiger partial charge < -0.3 is 0 Å². The molecule has 21 heavy (non-hydrogen) atoms. The third-order valence-electron chi connectivity index (χ3n) is 8.45. The summed E-state index contributed by atoms with van der Waals surface area (Å²) in [7, 11) is 0. The fourth-order valence-corrected chi connectivity index (χ4v) is 8.67. The van der Waals surface area contributed by atoms with E-state index in [4.69, 9.17) is 11.6 Å². The molecular formula is C20H27Cl. The van der Waals surface area contributed by atoms with Gasteiger partial charge in [-0.2, -0.15) is 0 Å². The molecule has 0 radical (unpaired) electrons. The van der Waals surface area contributed by atoms with Crippen LogP contribution in [0.2, 0.25) is 0 Å². The van der Waals surface area contributed by atoms with Crippen molar-refractivity contribution in [2.45, 2.75) is 63.2 Å². The molecule has 8 rings (SSSR count). The lowest BCUT2D eigenvalue weighted by Gasteiger charge is -2.59. The summed E-state index contributed by atoms with van der Waals surface area (Å²) < 4.78 is 0. The van der Waals surface area contributed by atoms with E-state index in [0.29, 0.717) is 5.38 Å². The zero-order chi connectivity index (χ0) is 13.7. The molecule has 0 spiro atoms. The molecule has 0 aliphatic heterocycles. The van der Waals surface area contributed by atoms with Gasteiger partial charge in [0.05, 0.1) is 0 Å². The molecule has 0 aromatic heterocycles. The van der Waals surface area contributed by atoms with Crippen molar-refractivity contribution in [3.63, 3.8) is 0 Å². The van der Waals surface area contributed by atoms with E-state index in [9.17, 15) is 0 Å². The quantitative estimate of drug-likeness (QED) is 0.414. The van der Waals surface area contributed by atoms with Crippen LogP contribution >= 0.6 is 11.6 Å². The van der Waals surface area contributed by atoms with Crippen molar-refractivity contribution in [3.8, 4) is 0 Å². The smallest absolute Gasteiger partial charge is 0.0430 e. The molecule has 8 aliphatic carbocycles. The Morgan fingerprint density at radius 2 is 1.14 bits per heavy atom. The van der Waals surface area contributed by atoms with E-state index >= 15 is 0 Å². The molecule has 0 saturated heterocycles. The first-order valence-electron chi connectivity index (χ1n) is 9.64. The fourth-order valence-electron chi connectivity index (χ4n) is 8.22. The van der Waals surface area contributed by atoms with Crippen molar-refractivity contribution < 1.29 is 0 Å². The molecule has 8 bridgehead atoms. The van der Waals surface area contributed by atoms with Gasteiger partial charge in [0, 0.05) is 5.38 Å². The Kier molecular flexibility index (Phi) is 2.43. The third kappa shape index (κ3) is 1.59. The zero-order valence-corrected chi connectivity index (χ0v) is 13.7. The minimum atomic E-state index is 0.498. The zero-order valence-electron chi connectivity index (χ0n) is 12.9. The Balaban J connectivity index is 1.47. The summed E-state index contributed by atoms with van der Waals surface area (Å²) in [5.41, 5.74) is 3.98. The molecule has 0 amide bonds. The van der Waals surface area contributed by atoms with E-state index in [0.717, 1.165) is 47.3 Å². The molecule has 0 nitrogen and oxygen atoms in total. The van der Waals surface area contributed by atoms with Crippen molar-refractivity contribution >= 4 is 11.6 Å². The maximum Gasteiger partial charge on any atom is 0.0430 e. The average Bonchev–Trinajstić information content (AvgIpc) is 2.45. The Hall–Kier alpha value is 0.0300. The second-order valence-corrected chi connectivity index (χ2v) is 10.0. The molecule has 5 unspecified atom stereocenters. The van der Waals surface area contributed by atoms with E-state index in [1.165, 1.54) is 25.7 Å². The summed E-state index contributed by atoms with van der Waals surface area (Å²) in [6, 6.07) is 0. The lowest BCUT2D eigenvalue weighted by molar-refractivity contribution is 0.0438. The molecule has 0 heterocycles.